The molecule has 0 radical (unpaired) electrons. The molecule has 24 heavy (non-hydrogen) atoms. The SMILES string of the molecule is CCCC[Si](C)(c1cc(C)cc(C)c1)C1C(C)CC2C=CC=CC21. The van der Waals surface area contributed by atoms with E-state index >= 15 is 0 Å². The van der Waals surface area contributed by atoms with Gasteiger partial charge in [0.2, 0.25) is 0 Å². The van der Waals surface area contributed by atoms with E-state index in [0.717, 1.165) is 23.3 Å². The lowest BCUT2D eigenvalue weighted by Gasteiger charge is -2.41. The Bertz CT molecular complexity index is 621. The zero-order valence-corrected chi connectivity index (χ0v) is 17.2. The van der Waals surface area contributed by atoms with Crippen molar-refractivity contribution in [3.8, 4) is 0 Å². The molecule has 1 aromatic carbocycles. The number of hydrogen-bond acceptors (Lipinski definition) is 0. The van der Waals surface area contributed by atoms with Crippen LogP contribution in [0.5, 0.6) is 0 Å². The highest BCUT2D eigenvalue weighted by atomic mass is 28.3. The van der Waals surface area contributed by atoms with Crippen LogP contribution in [0.15, 0.2) is 42.5 Å². The van der Waals surface area contributed by atoms with Gasteiger partial charge in [0, 0.05) is 0 Å². The second kappa shape index (κ2) is 7.04. The third kappa shape index (κ3) is 3.20. The van der Waals surface area contributed by atoms with E-state index in [1.165, 1.54) is 36.4 Å². The molecule has 5 unspecified atom stereocenters. The molecular weight excluding hydrogens is 304 g/mol. The predicted molar refractivity (Wildman–Crippen MR) is 110 cm³/mol. The Morgan fingerprint density at radius 1 is 1.04 bits per heavy atom. The maximum absolute atomic E-state index is 2.70. The fourth-order valence-electron chi connectivity index (χ4n) is 5.65. The number of aryl methyl sites for hydroxylation is 2. The van der Waals surface area contributed by atoms with Gasteiger partial charge in [-0.25, -0.2) is 0 Å². The smallest absolute Gasteiger partial charge is 0.0808 e. The van der Waals surface area contributed by atoms with Crippen LogP contribution < -0.4 is 5.19 Å². The maximum atomic E-state index is 2.70. The van der Waals surface area contributed by atoms with Gasteiger partial charge in [-0.3, -0.25) is 0 Å². The summed E-state index contributed by atoms with van der Waals surface area (Å²) in [6.07, 6.45) is 13.7. The zero-order valence-electron chi connectivity index (χ0n) is 16.2. The van der Waals surface area contributed by atoms with Crippen LogP contribution in [0.3, 0.4) is 0 Å². The van der Waals surface area contributed by atoms with Crippen LogP contribution in [0.25, 0.3) is 0 Å². The molecule has 1 fully saturated rings. The Labute approximate surface area is 150 Å². The number of fused-ring (bicyclic) bond motifs is 1. The minimum Gasteiger partial charge on any atom is -0.0808 e. The number of rotatable bonds is 5. The van der Waals surface area contributed by atoms with Crippen molar-refractivity contribution in [3.63, 3.8) is 0 Å². The molecular formula is C23H34Si. The lowest BCUT2D eigenvalue weighted by atomic mass is 9.92. The third-order valence-corrected chi connectivity index (χ3v) is 12.1. The van der Waals surface area contributed by atoms with Crippen molar-refractivity contribution < 1.29 is 0 Å². The van der Waals surface area contributed by atoms with E-state index in [9.17, 15) is 0 Å². The summed E-state index contributed by atoms with van der Waals surface area (Å²) in [4.78, 5) is 0. The second-order valence-electron chi connectivity index (χ2n) is 8.65. The highest BCUT2D eigenvalue weighted by molar-refractivity contribution is 6.92. The van der Waals surface area contributed by atoms with Gasteiger partial charge in [0.25, 0.3) is 0 Å². The van der Waals surface area contributed by atoms with Gasteiger partial charge >= 0.3 is 0 Å². The molecule has 1 saturated carbocycles. The summed E-state index contributed by atoms with van der Waals surface area (Å²) >= 11 is 0. The van der Waals surface area contributed by atoms with Gasteiger partial charge in [-0.05, 0) is 43.6 Å². The summed E-state index contributed by atoms with van der Waals surface area (Å²) in [5.74, 6) is 2.41. The second-order valence-corrected chi connectivity index (χ2v) is 13.2. The Morgan fingerprint density at radius 3 is 2.38 bits per heavy atom. The van der Waals surface area contributed by atoms with E-state index in [-0.39, 0.29) is 0 Å². The highest BCUT2D eigenvalue weighted by Crippen LogP contribution is 2.53. The van der Waals surface area contributed by atoms with Gasteiger partial charge in [0.05, 0.1) is 8.07 Å². The lowest BCUT2D eigenvalue weighted by Crippen LogP contribution is -2.52. The first kappa shape index (κ1) is 17.7. The topological polar surface area (TPSA) is 0 Å². The molecule has 5 atom stereocenters. The molecule has 0 aromatic heterocycles. The molecule has 130 valence electrons. The number of unbranched alkanes of at least 4 members (excludes halogenated alkanes) is 1. The lowest BCUT2D eigenvalue weighted by molar-refractivity contribution is 0.541. The van der Waals surface area contributed by atoms with E-state index < -0.39 is 8.07 Å². The van der Waals surface area contributed by atoms with Crippen LogP contribution >= 0.6 is 0 Å². The van der Waals surface area contributed by atoms with Gasteiger partial charge in [-0.15, -0.1) is 0 Å². The summed E-state index contributed by atoms with van der Waals surface area (Å²) in [5.41, 5.74) is 3.78. The molecule has 3 rings (SSSR count). The quantitative estimate of drug-likeness (QED) is 0.564. The van der Waals surface area contributed by atoms with Crippen LogP contribution in [0.4, 0.5) is 0 Å². The number of hydrogen-bond donors (Lipinski definition) is 0. The highest BCUT2D eigenvalue weighted by Gasteiger charge is 2.50. The largest absolute Gasteiger partial charge is 0.0876 e. The average Bonchev–Trinajstić information content (AvgIpc) is 2.88. The van der Waals surface area contributed by atoms with Gasteiger partial charge in [0.15, 0.2) is 0 Å². The Balaban J connectivity index is 2.04. The first-order valence-electron chi connectivity index (χ1n) is 9.89. The van der Waals surface area contributed by atoms with Crippen LogP contribution in [-0.4, -0.2) is 8.07 Å². The third-order valence-electron chi connectivity index (χ3n) is 6.64. The first-order chi connectivity index (χ1) is 11.5. The molecule has 0 saturated heterocycles. The van der Waals surface area contributed by atoms with Crippen molar-refractivity contribution in [1.29, 1.82) is 0 Å². The molecule has 1 heteroatoms. The average molecular weight is 339 g/mol. The maximum Gasteiger partial charge on any atom is 0.0876 e. The summed E-state index contributed by atoms with van der Waals surface area (Å²) in [7, 11) is -1.53. The molecule has 0 bridgehead atoms. The van der Waals surface area contributed by atoms with Crippen molar-refractivity contribution in [1.82, 2.24) is 0 Å². The fourth-order valence-corrected chi connectivity index (χ4v) is 11.5. The van der Waals surface area contributed by atoms with Gasteiger partial charge in [-0.2, -0.15) is 0 Å². The van der Waals surface area contributed by atoms with Crippen molar-refractivity contribution >= 4 is 13.3 Å². The molecule has 0 amide bonds. The van der Waals surface area contributed by atoms with Crippen molar-refractivity contribution in [2.45, 2.75) is 65.1 Å². The fraction of sp³-hybridized carbons (Fsp3) is 0.565. The van der Waals surface area contributed by atoms with E-state index in [1.54, 1.807) is 5.19 Å². The molecule has 0 spiro atoms. The molecule has 1 aromatic rings. The normalized spacial score (nSPS) is 31.0. The van der Waals surface area contributed by atoms with Crippen LogP contribution in [0.2, 0.25) is 18.1 Å². The number of allylic oxidation sites excluding steroid dienone is 4. The van der Waals surface area contributed by atoms with Gasteiger partial charge in [0.1, 0.15) is 0 Å². The summed E-state index contributed by atoms with van der Waals surface area (Å²) in [5, 5.41) is 1.72. The first-order valence-corrected chi connectivity index (χ1v) is 12.7. The minimum absolute atomic E-state index is 0.777. The van der Waals surface area contributed by atoms with Crippen molar-refractivity contribution in [2.75, 3.05) is 0 Å². The van der Waals surface area contributed by atoms with E-state index in [0.29, 0.717) is 0 Å². The summed E-state index contributed by atoms with van der Waals surface area (Å²) < 4.78 is 0. The van der Waals surface area contributed by atoms with Crippen LogP contribution in [-0.2, 0) is 0 Å². The number of benzene rings is 1. The Morgan fingerprint density at radius 2 is 1.71 bits per heavy atom. The molecule has 0 heterocycles. The Hall–Kier alpha value is -1.08. The molecule has 0 aliphatic heterocycles. The molecule has 0 nitrogen and oxygen atoms in total. The molecule has 2 aliphatic carbocycles. The van der Waals surface area contributed by atoms with E-state index in [2.05, 4.69) is 76.7 Å². The van der Waals surface area contributed by atoms with Crippen LogP contribution in [0.1, 0.15) is 44.2 Å². The zero-order chi connectivity index (χ0) is 17.3. The van der Waals surface area contributed by atoms with Crippen molar-refractivity contribution in [2.24, 2.45) is 17.8 Å². The van der Waals surface area contributed by atoms with Crippen molar-refractivity contribution in [3.05, 3.63) is 53.6 Å². The Kier molecular flexibility index (Phi) is 5.20. The van der Waals surface area contributed by atoms with E-state index in [1.807, 2.05) is 0 Å². The summed E-state index contributed by atoms with van der Waals surface area (Å²) in [6, 6.07) is 8.83. The summed E-state index contributed by atoms with van der Waals surface area (Å²) in [6.45, 7) is 12.1. The minimum atomic E-state index is -1.53. The van der Waals surface area contributed by atoms with E-state index in [4.69, 9.17) is 0 Å². The monoisotopic (exact) mass is 338 g/mol. The van der Waals surface area contributed by atoms with Crippen LogP contribution in [0, 0.1) is 31.6 Å². The van der Waals surface area contributed by atoms with Gasteiger partial charge < -0.3 is 0 Å². The molecule has 2 aliphatic rings. The standard InChI is InChI=1S/C23H34Si/c1-6-7-12-24(5,21-14-17(2)13-18(3)15-21)23-19(4)16-20-10-8-9-11-22(20)23/h8-11,13-15,19-20,22-23H,6-7,12,16H2,1-5H3. The predicted octanol–water partition coefficient (Wildman–Crippen LogP) is 6.16. The molecule has 0 N–H and O–H groups in total. The van der Waals surface area contributed by atoms with Gasteiger partial charge in [-0.1, -0.05) is 98.1 Å².